The first-order valence-corrected chi connectivity index (χ1v) is 7.95. The van der Waals surface area contributed by atoms with E-state index in [0.717, 1.165) is 5.92 Å². The molecule has 0 bridgehead atoms. The molecular formula is C18H29N. The zero-order valence-electron chi connectivity index (χ0n) is 12.8. The second-order valence-electron chi connectivity index (χ2n) is 6.28. The molecule has 106 valence electrons. The smallest absolute Gasteiger partial charge is 0.0320 e. The molecule has 0 radical (unpaired) electrons. The average molecular weight is 259 g/mol. The van der Waals surface area contributed by atoms with Crippen LogP contribution in [0, 0.1) is 19.8 Å². The molecule has 1 heteroatoms. The van der Waals surface area contributed by atoms with Crippen LogP contribution < -0.4 is 5.32 Å². The lowest BCUT2D eigenvalue weighted by Gasteiger charge is -2.25. The molecule has 1 N–H and O–H groups in total. The molecule has 1 unspecified atom stereocenters. The summed E-state index contributed by atoms with van der Waals surface area (Å²) in [6, 6.07) is 7.39. The van der Waals surface area contributed by atoms with E-state index in [2.05, 4.69) is 44.4 Å². The van der Waals surface area contributed by atoms with Gasteiger partial charge in [-0.2, -0.15) is 0 Å². The zero-order valence-corrected chi connectivity index (χ0v) is 12.8. The molecular weight excluding hydrogens is 230 g/mol. The summed E-state index contributed by atoms with van der Waals surface area (Å²) in [4.78, 5) is 0. The molecule has 2 rings (SSSR count). The van der Waals surface area contributed by atoms with Crippen LogP contribution in [0.15, 0.2) is 18.2 Å². The third kappa shape index (κ3) is 4.07. The van der Waals surface area contributed by atoms with Gasteiger partial charge in [0, 0.05) is 6.04 Å². The topological polar surface area (TPSA) is 12.0 Å². The summed E-state index contributed by atoms with van der Waals surface area (Å²) in [7, 11) is 2.10. The largest absolute Gasteiger partial charge is 0.313 e. The van der Waals surface area contributed by atoms with E-state index in [-0.39, 0.29) is 0 Å². The van der Waals surface area contributed by atoms with Crippen LogP contribution in [0.25, 0.3) is 0 Å². The number of aryl methyl sites for hydroxylation is 2. The minimum absolute atomic E-state index is 0.530. The van der Waals surface area contributed by atoms with Gasteiger partial charge in [0.1, 0.15) is 0 Å². The lowest BCUT2D eigenvalue weighted by molar-refractivity contribution is 0.317. The number of nitrogens with one attached hydrogen (secondary N) is 1. The van der Waals surface area contributed by atoms with Gasteiger partial charge in [0.05, 0.1) is 0 Å². The Labute approximate surface area is 118 Å². The van der Waals surface area contributed by atoms with E-state index in [9.17, 15) is 0 Å². The number of benzene rings is 1. The molecule has 0 amide bonds. The maximum absolute atomic E-state index is 3.52. The molecule has 1 fully saturated rings. The van der Waals surface area contributed by atoms with Gasteiger partial charge in [-0.1, -0.05) is 55.9 Å². The minimum Gasteiger partial charge on any atom is -0.313 e. The Hall–Kier alpha value is -0.820. The highest BCUT2D eigenvalue weighted by molar-refractivity contribution is 5.32. The van der Waals surface area contributed by atoms with Gasteiger partial charge in [0.15, 0.2) is 0 Å². The van der Waals surface area contributed by atoms with E-state index in [1.807, 2.05) is 0 Å². The molecule has 0 saturated heterocycles. The Morgan fingerprint density at radius 1 is 1.16 bits per heavy atom. The summed E-state index contributed by atoms with van der Waals surface area (Å²) in [6.07, 6.45) is 9.97. The van der Waals surface area contributed by atoms with Gasteiger partial charge in [0.2, 0.25) is 0 Å². The molecule has 1 nitrogen and oxygen atoms in total. The van der Waals surface area contributed by atoms with Gasteiger partial charge >= 0.3 is 0 Å². The van der Waals surface area contributed by atoms with Gasteiger partial charge in [-0.3, -0.25) is 0 Å². The van der Waals surface area contributed by atoms with Gasteiger partial charge in [-0.15, -0.1) is 0 Å². The van der Waals surface area contributed by atoms with E-state index in [0.29, 0.717) is 6.04 Å². The van der Waals surface area contributed by atoms with Crippen molar-refractivity contribution in [1.82, 2.24) is 5.32 Å². The van der Waals surface area contributed by atoms with E-state index >= 15 is 0 Å². The third-order valence-corrected chi connectivity index (χ3v) is 4.74. The Morgan fingerprint density at radius 3 is 2.53 bits per heavy atom. The highest BCUT2D eigenvalue weighted by Gasteiger charge is 2.17. The van der Waals surface area contributed by atoms with Gasteiger partial charge in [-0.05, 0) is 50.8 Å². The normalized spacial score (nSPS) is 18.5. The van der Waals surface area contributed by atoms with E-state index < -0.39 is 0 Å². The van der Waals surface area contributed by atoms with Crippen LogP contribution in [0.5, 0.6) is 0 Å². The highest BCUT2D eigenvalue weighted by Crippen LogP contribution is 2.31. The maximum atomic E-state index is 3.52. The summed E-state index contributed by atoms with van der Waals surface area (Å²) in [5.74, 6) is 0.982. The lowest BCUT2D eigenvalue weighted by atomic mass is 9.84. The quantitative estimate of drug-likeness (QED) is 0.791. The van der Waals surface area contributed by atoms with Gasteiger partial charge < -0.3 is 5.32 Å². The van der Waals surface area contributed by atoms with Crippen LogP contribution in [-0.4, -0.2) is 7.05 Å². The van der Waals surface area contributed by atoms with Crippen LogP contribution in [0.2, 0.25) is 0 Å². The fourth-order valence-electron chi connectivity index (χ4n) is 3.55. The molecule has 0 aromatic heterocycles. The van der Waals surface area contributed by atoms with Crippen molar-refractivity contribution < 1.29 is 0 Å². The Morgan fingerprint density at radius 2 is 1.89 bits per heavy atom. The summed E-state index contributed by atoms with van der Waals surface area (Å²) >= 11 is 0. The van der Waals surface area contributed by atoms with Crippen LogP contribution in [0.3, 0.4) is 0 Å². The van der Waals surface area contributed by atoms with Crippen molar-refractivity contribution in [1.29, 1.82) is 0 Å². The highest BCUT2D eigenvalue weighted by atomic mass is 14.9. The SMILES string of the molecule is CNC(CCC1CCCCC1)c1ccc(C)cc1C. The van der Waals surface area contributed by atoms with Crippen molar-refractivity contribution >= 4 is 0 Å². The predicted octanol–water partition coefficient (Wildman–Crippen LogP) is 4.92. The molecule has 1 aliphatic carbocycles. The van der Waals surface area contributed by atoms with Crippen molar-refractivity contribution in [3.8, 4) is 0 Å². The van der Waals surface area contributed by atoms with Crippen LogP contribution >= 0.6 is 0 Å². The summed E-state index contributed by atoms with van der Waals surface area (Å²) in [5.41, 5.74) is 4.29. The fourth-order valence-corrected chi connectivity index (χ4v) is 3.55. The van der Waals surface area contributed by atoms with Crippen molar-refractivity contribution in [3.05, 3.63) is 34.9 Å². The van der Waals surface area contributed by atoms with Crippen LogP contribution in [-0.2, 0) is 0 Å². The molecule has 19 heavy (non-hydrogen) atoms. The second kappa shape index (κ2) is 7.09. The second-order valence-corrected chi connectivity index (χ2v) is 6.28. The molecule has 1 aromatic carbocycles. The Kier molecular flexibility index (Phi) is 5.45. The van der Waals surface area contributed by atoms with Crippen LogP contribution in [0.4, 0.5) is 0 Å². The zero-order chi connectivity index (χ0) is 13.7. The fraction of sp³-hybridized carbons (Fsp3) is 0.667. The monoisotopic (exact) mass is 259 g/mol. The molecule has 1 aliphatic rings. The average Bonchev–Trinajstić information content (AvgIpc) is 2.42. The third-order valence-electron chi connectivity index (χ3n) is 4.74. The van der Waals surface area contributed by atoms with E-state index in [1.54, 1.807) is 0 Å². The van der Waals surface area contributed by atoms with E-state index in [4.69, 9.17) is 0 Å². The molecule has 0 spiro atoms. The minimum atomic E-state index is 0.530. The number of rotatable bonds is 5. The predicted molar refractivity (Wildman–Crippen MR) is 83.5 cm³/mol. The standard InChI is InChI=1S/C18H29N/c1-14-9-11-17(15(2)13-14)18(19-3)12-10-16-7-5-4-6-8-16/h9,11,13,16,18-19H,4-8,10,12H2,1-3H3. The first-order chi connectivity index (χ1) is 9.20. The maximum Gasteiger partial charge on any atom is 0.0320 e. The lowest BCUT2D eigenvalue weighted by Crippen LogP contribution is -2.19. The van der Waals surface area contributed by atoms with E-state index in [1.165, 1.54) is 61.6 Å². The summed E-state index contributed by atoms with van der Waals surface area (Å²) < 4.78 is 0. The van der Waals surface area contributed by atoms with Crippen molar-refractivity contribution in [2.75, 3.05) is 7.05 Å². The molecule has 0 heterocycles. The van der Waals surface area contributed by atoms with Gasteiger partial charge in [0.25, 0.3) is 0 Å². The Balaban J connectivity index is 1.95. The molecule has 1 atom stereocenters. The number of hydrogen-bond acceptors (Lipinski definition) is 1. The molecule has 1 aromatic rings. The van der Waals surface area contributed by atoms with Crippen LogP contribution in [0.1, 0.15) is 67.7 Å². The molecule has 0 aliphatic heterocycles. The van der Waals surface area contributed by atoms with Crippen molar-refractivity contribution in [2.24, 2.45) is 5.92 Å². The summed E-state index contributed by atoms with van der Waals surface area (Å²) in [5, 5.41) is 3.52. The number of hydrogen-bond donors (Lipinski definition) is 1. The van der Waals surface area contributed by atoms with Crippen molar-refractivity contribution in [3.63, 3.8) is 0 Å². The first kappa shape index (κ1) is 14.6. The molecule has 1 saturated carbocycles. The Bertz CT molecular complexity index is 391. The van der Waals surface area contributed by atoms with Gasteiger partial charge in [-0.25, -0.2) is 0 Å². The summed E-state index contributed by atoms with van der Waals surface area (Å²) in [6.45, 7) is 4.42. The van der Waals surface area contributed by atoms with Crippen molar-refractivity contribution in [2.45, 2.75) is 64.8 Å². The first-order valence-electron chi connectivity index (χ1n) is 7.95.